The summed E-state index contributed by atoms with van der Waals surface area (Å²) in [5.41, 5.74) is 0. The van der Waals surface area contributed by atoms with E-state index in [1.165, 1.54) is 0 Å². The highest BCUT2D eigenvalue weighted by Gasteiger charge is 2.10. The average molecular weight is 177 g/mol. The number of nitrogens with one attached hydrogen (secondary N) is 1. The van der Waals surface area contributed by atoms with Crippen molar-refractivity contribution in [3.8, 4) is 0 Å². The molecule has 1 N–H and O–H groups in total. The van der Waals surface area contributed by atoms with Crippen molar-refractivity contribution in [3.05, 3.63) is 0 Å². The lowest BCUT2D eigenvalue weighted by Gasteiger charge is -2.11. The van der Waals surface area contributed by atoms with E-state index in [1.54, 1.807) is 0 Å². The van der Waals surface area contributed by atoms with E-state index < -0.39 is 9.73 Å². The number of rotatable bonds is 4. The summed E-state index contributed by atoms with van der Waals surface area (Å²) in [6, 6.07) is 0. The molecule has 0 saturated carbocycles. The van der Waals surface area contributed by atoms with E-state index in [4.69, 9.17) is 4.78 Å². The Labute approximate surface area is 70.4 Å². The molecule has 0 aliphatic heterocycles. The van der Waals surface area contributed by atoms with Crippen molar-refractivity contribution in [2.24, 2.45) is 11.8 Å². The maximum Gasteiger partial charge on any atom is 0.0446 e. The highest BCUT2D eigenvalue weighted by molar-refractivity contribution is 7.92. The van der Waals surface area contributed by atoms with Gasteiger partial charge in [0.25, 0.3) is 0 Å². The number of hydrogen-bond acceptors (Lipinski definition) is 2. The largest absolute Gasteiger partial charge is 0.253 e. The van der Waals surface area contributed by atoms with Gasteiger partial charge in [-0.05, 0) is 11.8 Å². The Bertz CT molecular complexity index is 176. The molecule has 2 nitrogen and oxygen atoms in total. The van der Waals surface area contributed by atoms with Crippen LogP contribution in [-0.4, -0.2) is 15.7 Å². The molecule has 0 rings (SSSR count). The molecular weight excluding hydrogens is 158 g/mol. The van der Waals surface area contributed by atoms with Crippen molar-refractivity contribution >= 4 is 9.73 Å². The summed E-state index contributed by atoms with van der Waals surface area (Å²) < 4.78 is 19.0. The first-order chi connectivity index (χ1) is 4.83. The fourth-order valence-corrected chi connectivity index (χ4v) is 3.43. The minimum Gasteiger partial charge on any atom is -0.253 e. The Hall–Kier alpha value is -0.0500. The monoisotopic (exact) mass is 177 g/mol. The quantitative estimate of drug-likeness (QED) is 0.703. The van der Waals surface area contributed by atoms with E-state index in [2.05, 4.69) is 0 Å². The van der Waals surface area contributed by atoms with Crippen molar-refractivity contribution in [2.75, 3.05) is 11.5 Å². The molecule has 0 saturated heterocycles. The molecule has 0 aromatic heterocycles. The maximum atomic E-state index is 11.5. The Kier molecular flexibility index (Phi) is 4.08. The van der Waals surface area contributed by atoms with E-state index in [0.717, 1.165) is 0 Å². The van der Waals surface area contributed by atoms with Gasteiger partial charge >= 0.3 is 0 Å². The first kappa shape index (κ1) is 11.0. The van der Waals surface area contributed by atoms with Crippen LogP contribution in [-0.2, 0) is 9.73 Å². The molecule has 0 amide bonds. The van der Waals surface area contributed by atoms with Crippen LogP contribution >= 0.6 is 0 Å². The summed E-state index contributed by atoms with van der Waals surface area (Å²) in [6.45, 7) is 8.03. The van der Waals surface area contributed by atoms with Gasteiger partial charge in [0, 0.05) is 21.2 Å². The van der Waals surface area contributed by atoms with Crippen molar-refractivity contribution in [1.29, 1.82) is 4.78 Å². The fraction of sp³-hybridized carbons (Fsp3) is 1.00. The van der Waals surface area contributed by atoms with Crippen molar-refractivity contribution in [3.63, 3.8) is 0 Å². The van der Waals surface area contributed by atoms with Gasteiger partial charge in [-0.15, -0.1) is 0 Å². The molecule has 0 aliphatic carbocycles. The van der Waals surface area contributed by atoms with Crippen LogP contribution in [0.4, 0.5) is 0 Å². The van der Waals surface area contributed by atoms with Gasteiger partial charge in [-0.25, -0.2) is 4.21 Å². The topological polar surface area (TPSA) is 40.9 Å². The van der Waals surface area contributed by atoms with Gasteiger partial charge in [0.1, 0.15) is 0 Å². The summed E-state index contributed by atoms with van der Waals surface area (Å²) in [6.07, 6.45) is 0. The van der Waals surface area contributed by atoms with Crippen LogP contribution in [0.1, 0.15) is 27.7 Å². The molecule has 0 fully saturated rings. The first-order valence-corrected chi connectivity index (χ1v) is 5.97. The van der Waals surface area contributed by atoms with Crippen molar-refractivity contribution < 1.29 is 4.21 Å². The molecule has 0 spiro atoms. The third-order valence-corrected chi connectivity index (χ3v) is 3.62. The molecule has 0 atom stereocenters. The lowest BCUT2D eigenvalue weighted by Crippen LogP contribution is -2.17. The van der Waals surface area contributed by atoms with Gasteiger partial charge in [-0.3, -0.25) is 4.78 Å². The van der Waals surface area contributed by atoms with Gasteiger partial charge in [0.2, 0.25) is 0 Å². The smallest absolute Gasteiger partial charge is 0.0446 e. The number of hydrogen-bond donors (Lipinski definition) is 1. The van der Waals surface area contributed by atoms with Crippen LogP contribution in [0.25, 0.3) is 0 Å². The van der Waals surface area contributed by atoms with Gasteiger partial charge in [-0.1, -0.05) is 27.7 Å². The van der Waals surface area contributed by atoms with E-state index >= 15 is 0 Å². The highest BCUT2D eigenvalue weighted by atomic mass is 32.2. The Morgan fingerprint density at radius 3 is 1.55 bits per heavy atom. The molecule has 11 heavy (non-hydrogen) atoms. The lowest BCUT2D eigenvalue weighted by molar-refractivity contribution is 0.638. The van der Waals surface area contributed by atoms with Crippen LogP contribution in [0.5, 0.6) is 0 Å². The second kappa shape index (κ2) is 4.10. The Morgan fingerprint density at radius 1 is 1.09 bits per heavy atom. The standard InChI is InChI=1S/C8H19NOS/c1-7(2)5-11(9,10)6-8(3)4/h7-9H,5-6H2,1-4H3. The predicted molar refractivity (Wildman–Crippen MR) is 50.3 cm³/mol. The molecule has 0 heterocycles. The summed E-state index contributed by atoms with van der Waals surface area (Å²) >= 11 is 0. The van der Waals surface area contributed by atoms with Crippen molar-refractivity contribution in [1.82, 2.24) is 0 Å². The minimum absolute atomic E-state index is 0.374. The van der Waals surface area contributed by atoms with E-state index in [1.807, 2.05) is 27.7 Å². The van der Waals surface area contributed by atoms with Crippen LogP contribution in [0.3, 0.4) is 0 Å². The third-order valence-electron chi connectivity index (χ3n) is 1.21. The highest BCUT2D eigenvalue weighted by Crippen LogP contribution is 2.06. The van der Waals surface area contributed by atoms with Crippen molar-refractivity contribution in [2.45, 2.75) is 27.7 Å². The van der Waals surface area contributed by atoms with Crippen LogP contribution in [0.15, 0.2) is 0 Å². The van der Waals surface area contributed by atoms with Gasteiger partial charge < -0.3 is 0 Å². The van der Waals surface area contributed by atoms with E-state index in [9.17, 15) is 4.21 Å². The molecular formula is C8H19NOS. The zero-order valence-electron chi connectivity index (χ0n) is 7.89. The molecule has 0 aromatic rings. The second-order valence-electron chi connectivity index (χ2n) is 3.93. The maximum absolute atomic E-state index is 11.5. The fourth-order valence-electron chi connectivity index (χ4n) is 1.14. The first-order valence-electron chi connectivity index (χ1n) is 4.07. The molecule has 0 aliphatic rings. The zero-order chi connectivity index (χ0) is 9.07. The van der Waals surface area contributed by atoms with Gasteiger partial charge in [0.05, 0.1) is 0 Å². The molecule has 0 radical (unpaired) electrons. The molecule has 0 bridgehead atoms. The van der Waals surface area contributed by atoms with Crippen LogP contribution in [0.2, 0.25) is 0 Å². The third kappa shape index (κ3) is 6.35. The predicted octanol–water partition coefficient (Wildman–Crippen LogP) is 2.35. The zero-order valence-corrected chi connectivity index (χ0v) is 8.70. The summed E-state index contributed by atoms with van der Waals surface area (Å²) in [7, 11) is -2.28. The minimum atomic E-state index is -2.28. The second-order valence-corrected chi connectivity index (χ2v) is 6.22. The van der Waals surface area contributed by atoms with Gasteiger partial charge in [-0.2, -0.15) is 0 Å². The summed E-state index contributed by atoms with van der Waals surface area (Å²) in [4.78, 5) is 0. The molecule has 0 unspecified atom stereocenters. The summed E-state index contributed by atoms with van der Waals surface area (Å²) in [5, 5.41) is 0. The Balaban J connectivity index is 4.03. The SMILES string of the molecule is CC(C)CS(=N)(=O)CC(C)C. The van der Waals surface area contributed by atoms with Crippen LogP contribution in [0, 0.1) is 16.6 Å². The molecule has 3 heteroatoms. The van der Waals surface area contributed by atoms with Crippen LogP contribution < -0.4 is 0 Å². The summed E-state index contributed by atoms with van der Waals surface area (Å²) in [5.74, 6) is 1.84. The molecule has 0 aromatic carbocycles. The lowest BCUT2D eigenvalue weighted by atomic mass is 10.3. The normalized spacial score (nSPS) is 12.9. The molecule has 68 valence electrons. The Morgan fingerprint density at radius 2 is 1.36 bits per heavy atom. The average Bonchev–Trinajstić information content (AvgIpc) is 1.53. The van der Waals surface area contributed by atoms with E-state index in [-0.39, 0.29) is 0 Å². The van der Waals surface area contributed by atoms with E-state index in [0.29, 0.717) is 23.3 Å². The van der Waals surface area contributed by atoms with Gasteiger partial charge in [0.15, 0.2) is 0 Å².